The second-order valence-corrected chi connectivity index (χ2v) is 5.53. The molecule has 4 heteroatoms. The summed E-state index contributed by atoms with van der Waals surface area (Å²) in [4.78, 5) is 11.6. The maximum Gasteiger partial charge on any atom is 0.221 e. The molecule has 0 aliphatic carbocycles. The van der Waals surface area contributed by atoms with E-state index in [1.165, 1.54) is 24.2 Å². The largest absolute Gasteiger partial charge is 0.352 e. The van der Waals surface area contributed by atoms with Crippen LogP contribution in [0.4, 0.5) is 0 Å². The second kappa shape index (κ2) is 9.54. The summed E-state index contributed by atoms with van der Waals surface area (Å²) < 4.78 is 0. The van der Waals surface area contributed by atoms with Gasteiger partial charge >= 0.3 is 0 Å². The normalized spacial score (nSPS) is 15.5. The van der Waals surface area contributed by atoms with Crippen molar-refractivity contribution in [2.75, 3.05) is 31.1 Å². The minimum absolute atomic E-state index is 0.188. The van der Waals surface area contributed by atoms with Gasteiger partial charge in [-0.15, -0.1) is 0 Å². The fourth-order valence-electron chi connectivity index (χ4n) is 1.64. The molecule has 0 radical (unpaired) electrons. The van der Waals surface area contributed by atoms with Crippen LogP contribution in [0.3, 0.4) is 0 Å². The Labute approximate surface area is 109 Å². The number of hydrogen-bond donors (Lipinski definition) is 2. The Kier molecular flexibility index (Phi) is 8.18. The van der Waals surface area contributed by atoms with E-state index in [2.05, 4.69) is 23.6 Å². The number of nitrogens with one attached hydrogen (secondary N) is 2. The molecule has 1 heterocycles. The van der Waals surface area contributed by atoms with Gasteiger partial charge in [0, 0.05) is 25.3 Å². The molecular formula is C13H24N2OS. The van der Waals surface area contributed by atoms with Crippen LogP contribution in [0.25, 0.3) is 0 Å². The molecule has 1 aliphatic rings. The third kappa shape index (κ3) is 7.45. The monoisotopic (exact) mass is 256 g/mol. The van der Waals surface area contributed by atoms with E-state index in [4.69, 9.17) is 0 Å². The van der Waals surface area contributed by atoms with Gasteiger partial charge in [-0.1, -0.05) is 25.0 Å². The molecule has 0 aromatic heterocycles. The Balaban J connectivity index is 1.99. The van der Waals surface area contributed by atoms with Crippen LogP contribution >= 0.6 is 11.8 Å². The van der Waals surface area contributed by atoms with E-state index in [0.717, 1.165) is 31.8 Å². The van der Waals surface area contributed by atoms with E-state index < -0.39 is 0 Å². The predicted octanol–water partition coefficient (Wildman–Crippen LogP) is 1.95. The van der Waals surface area contributed by atoms with Gasteiger partial charge in [0.05, 0.1) is 0 Å². The molecule has 0 spiro atoms. The van der Waals surface area contributed by atoms with Crippen molar-refractivity contribution in [3.05, 3.63) is 11.6 Å². The van der Waals surface area contributed by atoms with Gasteiger partial charge in [0.2, 0.25) is 5.91 Å². The molecule has 17 heavy (non-hydrogen) atoms. The second-order valence-electron chi connectivity index (χ2n) is 4.31. The fourth-order valence-corrected chi connectivity index (χ4v) is 2.67. The number of rotatable bonds is 8. The van der Waals surface area contributed by atoms with Gasteiger partial charge in [-0.3, -0.25) is 4.79 Å². The summed E-state index contributed by atoms with van der Waals surface area (Å²) in [6.45, 7) is 4.91. The average Bonchev–Trinajstić information content (AvgIpc) is 2.37. The molecule has 0 bridgehead atoms. The average molecular weight is 256 g/mol. The van der Waals surface area contributed by atoms with Crippen LogP contribution in [0.1, 0.15) is 32.6 Å². The minimum Gasteiger partial charge on any atom is -0.352 e. The molecule has 1 amide bonds. The number of carbonyl (C=O) groups is 1. The van der Waals surface area contributed by atoms with Crippen LogP contribution in [0, 0.1) is 0 Å². The molecule has 98 valence electrons. The highest BCUT2D eigenvalue weighted by Gasteiger charge is 2.05. The fraction of sp³-hybridized carbons (Fsp3) is 0.769. The molecule has 1 aliphatic heterocycles. The first-order valence-corrected chi connectivity index (χ1v) is 7.71. The lowest BCUT2D eigenvalue weighted by Gasteiger charge is -2.14. The van der Waals surface area contributed by atoms with E-state index in [1.54, 1.807) is 0 Å². The summed E-state index contributed by atoms with van der Waals surface area (Å²) in [5.74, 6) is 2.32. The molecule has 0 aromatic rings. The van der Waals surface area contributed by atoms with Crippen LogP contribution < -0.4 is 10.6 Å². The zero-order valence-corrected chi connectivity index (χ0v) is 11.6. The molecule has 0 atom stereocenters. The summed E-state index contributed by atoms with van der Waals surface area (Å²) in [5, 5.41) is 6.26. The third-order valence-electron chi connectivity index (χ3n) is 2.79. The number of amides is 1. The highest BCUT2D eigenvalue weighted by atomic mass is 32.2. The predicted molar refractivity (Wildman–Crippen MR) is 75.4 cm³/mol. The Morgan fingerprint density at radius 3 is 3.12 bits per heavy atom. The molecule has 0 fully saturated rings. The first-order valence-electron chi connectivity index (χ1n) is 6.56. The first-order chi connectivity index (χ1) is 8.33. The summed E-state index contributed by atoms with van der Waals surface area (Å²) in [6, 6.07) is 0. The maximum atomic E-state index is 11.6. The van der Waals surface area contributed by atoms with Crippen LogP contribution in [0.2, 0.25) is 0 Å². The van der Waals surface area contributed by atoms with Gasteiger partial charge in [-0.2, -0.15) is 11.8 Å². The van der Waals surface area contributed by atoms with Crippen LogP contribution in [-0.4, -0.2) is 37.0 Å². The van der Waals surface area contributed by atoms with Crippen molar-refractivity contribution in [2.24, 2.45) is 0 Å². The molecule has 1 rings (SSSR count). The van der Waals surface area contributed by atoms with Crippen LogP contribution in [0.5, 0.6) is 0 Å². The topological polar surface area (TPSA) is 41.1 Å². The smallest absolute Gasteiger partial charge is 0.221 e. The quantitative estimate of drug-likeness (QED) is 0.515. The summed E-state index contributed by atoms with van der Waals surface area (Å²) >= 11 is 1.88. The number of hydrogen-bond acceptors (Lipinski definition) is 3. The third-order valence-corrected chi connectivity index (χ3v) is 3.86. The Morgan fingerprint density at radius 1 is 1.53 bits per heavy atom. The Bertz CT molecular complexity index is 254. The van der Waals surface area contributed by atoms with Crippen molar-refractivity contribution in [1.82, 2.24) is 10.6 Å². The number of thioether (sulfide) groups is 1. The molecule has 0 aromatic carbocycles. The van der Waals surface area contributed by atoms with Gasteiger partial charge in [0.15, 0.2) is 0 Å². The molecular weight excluding hydrogens is 232 g/mol. The van der Waals surface area contributed by atoms with Crippen molar-refractivity contribution in [1.29, 1.82) is 0 Å². The van der Waals surface area contributed by atoms with E-state index in [1.807, 2.05) is 11.8 Å². The summed E-state index contributed by atoms with van der Waals surface area (Å²) in [7, 11) is 0. The lowest BCUT2D eigenvalue weighted by Crippen LogP contribution is -2.29. The van der Waals surface area contributed by atoms with Crippen molar-refractivity contribution >= 4 is 17.7 Å². The van der Waals surface area contributed by atoms with Gasteiger partial charge < -0.3 is 10.6 Å². The standard InChI is InChI=1S/C13H24N2OS/c1-2-3-9-17-10-6-13(16)15-11-12-4-7-14-8-5-12/h4,14H,2-3,5-11H2,1H3,(H,15,16). The van der Waals surface area contributed by atoms with Crippen molar-refractivity contribution < 1.29 is 4.79 Å². The zero-order chi connectivity index (χ0) is 12.3. The van der Waals surface area contributed by atoms with E-state index in [9.17, 15) is 4.79 Å². The van der Waals surface area contributed by atoms with Crippen molar-refractivity contribution in [3.8, 4) is 0 Å². The SMILES string of the molecule is CCCCSCCC(=O)NCC1=CCNCC1. The van der Waals surface area contributed by atoms with Gasteiger partial charge in [0.25, 0.3) is 0 Å². The molecule has 2 N–H and O–H groups in total. The van der Waals surface area contributed by atoms with Gasteiger partial charge in [-0.05, 0) is 25.1 Å². The first kappa shape index (κ1) is 14.6. The lowest BCUT2D eigenvalue weighted by atomic mass is 10.1. The van der Waals surface area contributed by atoms with E-state index in [-0.39, 0.29) is 5.91 Å². The zero-order valence-electron chi connectivity index (χ0n) is 10.8. The van der Waals surface area contributed by atoms with E-state index >= 15 is 0 Å². The van der Waals surface area contributed by atoms with Crippen molar-refractivity contribution in [3.63, 3.8) is 0 Å². The molecule has 3 nitrogen and oxygen atoms in total. The Morgan fingerprint density at radius 2 is 2.41 bits per heavy atom. The summed E-state index contributed by atoms with van der Waals surface area (Å²) in [5.41, 5.74) is 1.36. The Hall–Kier alpha value is -0.480. The molecule has 0 unspecified atom stereocenters. The highest BCUT2D eigenvalue weighted by molar-refractivity contribution is 7.99. The van der Waals surface area contributed by atoms with Crippen LogP contribution in [0.15, 0.2) is 11.6 Å². The lowest BCUT2D eigenvalue weighted by molar-refractivity contribution is -0.120. The number of unbranched alkanes of at least 4 members (excludes halogenated alkanes) is 1. The van der Waals surface area contributed by atoms with Gasteiger partial charge in [0.1, 0.15) is 0 Å². The minimum atomic E-state index is 0.188. The van der Waals surface area contributed by atoms with Crippen molar-refractivity contribution in [2.45, 2.75) is 32.6 Å². The van der Waals surface area contributed by atoms with E-state index in [0.29, 0.717) is 6.42 Å². The van der Waals surface area contributed by atoms with Gasteiger partial charge in [-0.25, -0.2) is 0 Å². The summed E-state index contributed by atoms with van der Waals surface area (Å²) in [6.07, 6.45) is 6.39. The molecule has 0 saturated heterocycles. The molecule has 0 saturated carbocycles. The number of carbonyl (C=O) groups excluding carboxylic acids is 1. The van der Waals surface area contributed by atoms with Crippen LogP contribution in [-0.2, 0) is 4.79 Å². The maximum absolute atomic E-state index is 11.6. The highest BCUT2D eigenvalue weighted by Crippen LogP contribution is 2.06.